The van der Waals surface area contributed by atoms with Crippen molar-refractivity contribution in [2.45, 2.75) is 26.8 Å². The van der Waals surface area contributed by atoms with Crippen LogP contribution in [0.15, 0.2) is 42.5 Å². The summed E-state index contributed by atoms with van der Waals surface area (Å²) in [6, 6.07) is 12.7. The van der Waals surface area contributed by atoms with E-state index in [9.17, 15) is 9.59 Å². The second-order valence-corrected chi connectivity index (χ2v) is 8.19. The second-order valence-electron chi connectivity index (χ2n) is 7.34. The fraction of sp³-hybridized carbons (Fsp3) is 0.261. The van der Waals surface area contributed by atoms with Gasteiger partial charge in [-0.1, -0.05) is 40.9 Å². The van der Waals surface area contributed by atoms with Gasteiger partial charge in [-0.2, -0.15) is 5.10 Å². The quantitative estimate of drug-likeness (QED) is 0.524. The lowest BCUT2D eigenvalue weighted by atomic mass is 10.0. The largest absolute Gasteiger partial charge is 0.461 e. The van der Waals surface area contributed by atoms with Gasteiger partial charge in [-0.15, -0.1) is 0 Å². The maximum absolute atomic E-state index is 13.1. The van der Waals surface area contributed by atoms with Crippen molar-refractivity contribution in [2.75, 3.05) is 13.2 Å². The molecule has 0 aliphatic carbocycles. The number of carbonyl (C=O) groups is 2. The number of benzene rings is 2. The summed E-state index contributed by atoms with van der Waals surface area (Å²) in [7, 11) is 0. The summed E-state index contributed by atoms with van der Waals surface area (Å²) < 4.78 is 7.00. The molecular weight excluding hydrogens is 437 g/mol. The van der Waals surface area contributed by atoms with Crippen LogP contribution in [0, 0.1) is 6.92 Å². The van der Waals surface area contributed by atoms with Crippen LogP contribution in [-0.4, -0.2) is 39.7 Å². The molecule has 1 amide bonds. The minimum Gasteiger partial charge on any atom is -0.461 e. The van der Waals surface area contributed by atoms with E-state index >= 15 is 0 Å². The number of aryl methyl sites for hydroxylation is 1. The molecule has 0 atom stereocenters. The van der Waals surface area contributed by atoms with Crippen molar-refractivity contribution in [1.29, 1.82) is 0 Å². The van der Waals surface area contributed by atoms with Crippen LogP contribution in [0.2, 0.25) is 10.0 Å². The van der Waals surface area contributed by atoms with E-state index in [4.69, 9.17) is 27.9 Å². The smallest absolute Gasteiger partial charge is 0.359 e. The molecule has 0 bridgehead atoms. The topological polar surface area (TPSA) is 64.4 Å². The van der Waals surface area contributed by atoms with Crippen LogP contribution in [0.5, 0.6) is 0 Å². The summed E-state index contributed by atoms with van der Waals surface area (Å²) >= 11 is 12.2. The number of carbonyl (C=O) groups excluding carboxylic acids is 2. The Kier molecular flexibility index (Phi) is 6.03. The van der Waals surface area contributed by atoms with Gasteiger partial charge in [0.15, 0.2) is 5.69 Å². The molecule has 3 aromatic rings. The van der Waals surface area contributed by atoms with E-state index in [0.717, 1.165) is 16.9 Å². The highest BCUT2D eigenvalue weighted by Crippen LogP contribution is 2.29. The molecule has 0 saturated heterocycles. The number of aromatic nitrogens is 2. The molecule has 0 fully saturated rings. The number of hydrogen-bond acceptors (Lipinski definition) is 4. The third-order valence-corrected chi connectivity index (χ3v) is 5.80. The lowest BCUT2D eigenvalue weighted by Crippen LogP contribution is -2.37. The Morgan fingerprint density at radius 3 is 2.55 bits per heavy atom. The molecule has 6 nitrogen and oxygen atoms in total. The molecule has 2 aromatic carbocycles. The highest BCUT2D eigenvalue weighted by atomic mass is 35.5. The molecule has 0 radical (unpaired) electrons. The van der Waals surface area contributed by atoms with Gasteiger partial charge in [-0.05, 0) is 44.2 Å². The van der Waals surface area contributed by atoms with E-state index in [1.165, 1.54) is 0 Å². The van der Waals surface area contributed by atoms with Crippen molar-refractivity contribution in [2.24, 2.45) is 0 Å². The van der Waals surface area contributed by atoms with E-state index in [1.54, 1.807) is 34.7 Å². The Labute approximate surface area is 190 Å². The number of halogens is 2. The number of rotatable bonds is 4. The van der Waals surface area contributed by atoms with Gasteiger partial charge in [0.2, 0.25) is 0 Å². The summed E-state index contributed by atoms with van der Waals surface area (Å²) in [5.74, 6) is -0.714. The summed E-state index contributed by atoms with van der Waals surface area (Å²) in [6.07, 6.45) is 0.548. The Bertz CT molecular complexity index is 1160. The number of ether oxygens (including phenoxy) is 1. The Hall–Kier alpha value is -2.83. The predicted octanol–water partition coefficient (Wildman–Crippen LogP) is 4.86. The second kappa shape index (κ2) is 8.73. The zero-order valence-electron chi connectivity index (χ0n) is 17.2. The third kappa shape index (κ3) is 4.18. The Balaban J connectivity index is 1.72. The van der Waals surface area contributed by atoms with Gasteiger partial charge >= 0.3 is 5.97 Å². The first-order valence-electron chi connectivity index (χ1n) is 9.98. The normalized spacial score (nSPS) is 13.1. The van der Waals surface area contributed by atoms with Gasteiger partial charge < -0.3 is 9.64 Å². The maximum atomic E-state index is 13.1. The van der Waals surface area contributed by atoms with Gasteiger partial charge in [0.05, 0.1) is 35.1 Å². The molecule has 1 aliphatic heterocycles. The SMILES string of the molecule is CCOC(=O)c1nn(-c2ccc(C)cc2)c2c1CN(C(=O)c1ccc(Cl)cc1Cl)CC2. The lowest BCUT2D eigenvalue weighted by molar-refractivity contribution is 0.0513. The molecule has 31 heavy (non-hydrogen) atoms. The number of esters is 1. The van der Waals surface area contributed by atoms with Crippen molar-refractivity contribution in [3.63, 3.8) is 0 Å². The van der Waals surface area contributed by atoms with Crippen LogP contribution in [0.1, 0.15) is 44.6 Å². The van der Waals surface area contributed by atoms with Gasteiger partial charge in [0, 0.05) is 23.6 Å². The minimum absolute atomic E-state index is 0.217. The Morgan fingerprint density at radius 1 is 1.13 bits per heavy atom. The number of amides is 1. The molecule has 4 rings (SSSR count). The monoisotopic (exact) mass is 457 g/mol. The average Bonchev–Trinajstić information content (AvgIpc) is 3.13. The first kappa shape index (κ1) is 21.4. The van der Waals surface area contributed by atoms with E-state index in [-0.39, 0.29) is 24.8 Å². The molecule has 2 heterocycles. The highest BCUT2D eigenvalue weighted by molar-refractivity contribution is 6.36. The van der Waals surface area contributed by atoms with Crippen molar-refractivity contribution in [3.8, 4) is 5.69 Å². The summed E-state index contributed by atoms with van der Waals surface area (Å²) in [6.45, 7) is 4.73. The molecule has 8 heteroatoms. The molecule has 0 N–H and O–H groups in total. The highest BCUT2D eigenvalue weighted by Gasteiger charge is 2.32. The molecule has 0 spiro atoms. The van der Waals surface area contributed by atoms with Gasteiger partial charge in [0.25, 0.3) is 5.91 Å². The molecular formula is C23H21Cl2N3O3. The number of hydrogen-bond donors (Lipinski definition) is 0. The van der Waals surface area contributed by atoms with E-state index in [0.29, 0.717) is 34.1 Å². The zero-order valence-corrected chi connectivity index (χ0v) is 18.7. The van der Waals surface area contributed by atoms with Crippen LogP contribution in [0.25, 0.3) is 5.69 Å². The standard InChI is InChI=1S/C23H21Cl2N3O3/c1-3-31-23(30)21-18-13-27(22(29)17-9-6-15(24)12-19(17)25)11-10-20(18)28(26-21)16-7-4-14(2)5-8-16/h4-9,12H,3,10-11,13H2,1-2H3. The van der Waals surface area contributed by atoms with Crippen LogP contribution in [-0.2, 0) is 17.7 Å². The Morgan fingerprint density at radius 2 is 1.87 bits per heavy atom. The summed E-state index contributed by atoms with van der Waals surface area (Å²) in [4.78, 5) is 27.4. The molecule has 0 saturated carbocycles. The fourth-order valence-corrected chi connectivity index (χ4v) is 4.18. The maximum Gasteiger partial charge on any atom is 0.359 e. The van der Waals surface area contributed by atoms with E-state index in [2.05, 4.69) is 5.10 Å². The fourth-order valence-electron chi connectivity index (χ4n) is 3.69. The number of fused-ring (bicyclic) bond motifs is 1. The molecule has 1 aromatic heterocycles. The first-order chi connectivity index (χ1) is 14.9. The average molecular weight is 458 g/mol. The van der Waals surface area contributed by atoms with Gasteiger partial charge in [0.1, 0.15) is 0 Å². The van der Waals surface area contributed by atoms with Crippen molar-refractivity contribution < 1.29 is 14.3 Å². The molecule has 1 aliphatic rings. The lowest BCUT2D eigenvalue weighted by Gasteiger charge is -2.28. The number of nitrogens with zero attached hydrogens (tertiary/aromatic N) is 3. The van der Waals surface area contributed by atoms with E-state index in [1.807, 2.05) is 31.2 Å². The molecule has 160 valence electrons. The predicted molar refractivity (Wildman–Crippen MR) is 119 cm³/mol. The van der Waals surface area contributed by atoms with Crippen molar-refractivity contribution in [1.82, 2.24) is 14.7 Å². The van der Waals surface area contributed by atoms with Crippen molar-refractivity contribution >= 4 is 35.1 Å². The van der Waals surface area contributed by atoms with Crippen molar-refractivity contribution in [3.05, 3.63) is 80.6 Å². The van der Waals surface area contributed by atoms with Crippen LogP contribution < -0.4 is 0 Å². The summed E-state index contributed by atoms with van der Waals surface area (Å²) in [5, 5.41) is 5.33. The zero-order chi connectivity index (χ0) is 22.1. The van der Waals surface area contributed by atoms with Crippen LogP contribution in [0.3, 0.4) is 0 Å². The van der Waals surface area contributed by atoms with Gasteiger partial charge in [-0.3, -0.25) is 4.79 Å². The summed E-state index contributed by atoms with van der Waals surface area (Å²) in [5.41, 5.74) is 4.20. The first-order valence-corrected chi connectivity index (χ1v) is 10.7. The van der Waals surface area contributed by atoms with Crippen LogP contribution >= 0.6 is 23.2 Å². The molecule has 0 unspecified atom stereocenters. The van der Waals surface area contributed by atoms with E-state index < -0.39 is 5.97 Å². The van der Waals surface area contributed by atoms with Gasteiger partial charge in [-0.25, -0.2) is 9.48 Å². The third-order valence-electron chi connectivity index (χ3n) is 5.25. The van der Waals surface area contributed by atoms with Crippen LogP contribution in [0.4, 0.5) is 0 Å². The minimum atomic E-state index is -0.497.